The number of aromatic nitrogens is 2. The van der Waals surface area contributed by atoms with E-state index in [0.29, 0.717) is 28.7 Å². The molecule has 0 aliphatic heterocycles. The van der Waals surface area contributed by atoms with E-state index in [4.69, 9.17) is 23.9 Å². The van der Waals surface area contributed by atoms with Gasteiger partial charge in [0.25, 0.3) is 0 Å². The molecular weight excluding hydrogens is 430 g/mol. The zero-order chi connectivity index (χ0) is 22.7. The molecule has 0 radical (unpaired) electrons. The van der Waals surface area contributed by atoms with Crippen LogP contribution in [0.1, 0.15) is 5.69 Å². The smallest absolute Gasteiger partial charge is 0.230 e. The molecule has 0 aliphatic rings. The largest absolute Gasteiger partial charge is 0.497 e. The number of carbonyl (C=O) groups excluding carboxylic acids is 1. The van der Waals surface area contributed by atoms with Crippen molar-refractivity contribution in [3.8, 4) is 34.3 Å². The Morgan fingerprint density at radius 3 is 2.41 bits per heavy atom. The van der Waals surface area contributed by atoms with Crippen molar-refractivity contribution in [1.29, 1.82) is 0 Å². The van der Waals surface area contributed by atoms with Crippen LogP contribution in [-0.2, 0) is 11.2 Å². The number of methoxy groups -OCH3 is 4. The molecular formula is C23H23N3O5S. The second kappa shape index (κ2) is 9.19. The van der Waals surface area contributed by atoms with E-state index < -0.39 is 0 Å². The van der Waals surface area contributed by atoms with E-state index in [1.54, 1.807) is 46.6 Å². The van der Waals surface area contributed by atoms with Crippen molar-refractivity contribution in [3.05, 3.63) is 53.7 Å². The number of imidazole rings is 1. The van der Waals surface area contributed by atoms with E-state index in [9.17, 15) is 4.79 Å². The van der Waals surface area contributed by atoms with Gasteiger partial charge in [-0.2, -0.15) is 0 Å². The van der Waals surface area contributed by atoms with E-state index in [-0.39, 0.29) is 12.3 Å². The van der Waals surface area contributed by atoms with E-state index in [0.717, 1.165) is 21.9 Å². The molecule has 9 heteroatoms. The van der Waals surface area contributed by atoms with Gasteiger partial charge in [-0.05, 0) is 30.3 Å². The summed E-state index contributed by atoms with van der Waals surface area (Å²) in [5.41, 5.74) is 2.97. The molecule has 2 aromatic heterocycles. The highest BCUT2D eigenvalue weighted by molar-refractivity contribution is 7.15. The minimum Gasteiger partial charge on any atom is -0.497 e. The van der Waals surface area contributed by atoms with Crippen molar-refractivity contribution in [1.82, 2.24) is 9.38 Å². The first-order valence-corrected chi connectivity index (χ1v) is 10.6. The van der Waals surface area contributed by atoms with Crippen molar-refractivity contribution in [2.75, 3.05) is 33.8 Å². The lowest BCUT2D eigenvalue weighted by Crippen LogP contribution is -2.15. The molecule has 166 valence electrons. The SMILES string of the molecule is COc1ccc(NC(=O)Cc2csc3nc(-c4cc(OC)ccc4OC)cn23)c(OC)c1. The van der Waals surface area contributed by atoms with Crippen molar-refractivity contribution in [2.45, 2.75) is 6.42 Å². The molecule has 4 aromatic rings. The molecule has 1 amide bonds. The Morgan fingerprint density at radius 2 is 1.69 bits per heavy atom. The lowest BCUT2D eigenvalue weighted by atomic mass is 10.1. The highest BCUT2D eigenvalue weighted by Gasteiger charge is 2.16. The van der Waals surface area contributed by atoms with Gasteiger partial charge in [0.05, 0.1) is 46.2 Å². The lowest BCUT2D eigenvalue weighted by molar-refractivity contribution is -0.115. The molecule has 2 heterocycles. The maximum Gasteiger partial charge on any atom is 0.230 e. The number of fused-ring (bicyclic) bond motifs is 1. The second-order valence-electron chi connectivity index (χ2n) is 6.86. The summed E-state index contributed by atoms with van der Waals surface area (Å²) in [7, 11) is 6.36. The van der Waals surface area contributed by atoms with Gasteiger partial charge in [0.1, 0.15) is 23.0 Å². The van der Waals surface area contributed by atoms with Crippen molar-refractivity contribution in [3.63, 3.8) is 0 Å². The molecule has 4 rings (SSSR count). The summed E-state index contributed by atoms with van der Waals surface area (Å²) < 4.78 is 23.3. The topological polar surface area (TPSA) is 83.3 Å². The maximum atomic E-state index is 12.7. The summed E-state index contributed by atoms with van der Waals surface area (Å²) in [5.74, 6) is 2.43. The van der Waals surface area contributed by atoms with Crippen molar-refractivity contribution in [2.24, 2.45) is 0 Å². The van der Waals surface area contributed by atoms with Crippen LogP contribution in [-0.4, -0.2) is 43.7 Å². The zero-order valence-electron chi connectivity index (χ0n) is 18.2. The fraction of sp³-hybridized carbons (Fsp3) is 0.217. The fourth-order valence-electron chi connectivity index (χ4n) is 3.36. The van der Waals surface area contributed by atoms with Gasteiger partial charge in [0.15, 0.2) is 4.96 Å². The van der Waals surface area contributed by atoms with Crippen LogP contribution in [0.5, 0.6) is 23.0 Å². The van der Waals surface area contributed by atoms with E-state index in [2.05, 4.69) is 5.32 Å². The summed E-state index contributed by atoms with van der Waals surface area (Å²) in [5, 5.41) is 4.83. The zero-order valence-corrected chi connectivity index (χ0v) is 19.0. The molecule has 2 aromatic carbocycles. The summed E-state index contributed by atoms with van der Waals surface area (Å²) in [4.78, 5) is 18.2. The highest BCUT2D eigenvalue weighted by atomic mass is 32.1. The average molecular weight is 454 g/mol. The third-order valence-electron chi connectivity index (χ3n) is 4.99. The third kappa shape index (κ3) is 4.19. The van der Waals surface area contributed by atoms with Crippen LogP contribution in [0.25, 0.3) is 16.2 Å². The van der Waals surface area contributed by atoms with E-state index in [1.165, 1.54) is 11.3 Å². The molecule has 0 saturated heterocycles. The Balaban J connectivity index is 1.58. The number of nitrogens with zero attached hydrogens (tertiary/aromatic N) is 2. The number of hydrogen-bond donors (Lipinski definition) is 1. The van der Waals surface area contributed by atoms with Crippen LogP contribution in [0, 0.1) is 0 Å². The number of hydrogen-bond acceptors (Lipinski definition) is 7. The van der Waals surface area contributed by atoms with E-state index >= 15 is 0 Å². The van der Waals surface area contributed by atoms with Crippen molar-refractivity contribution >= 4 is 27.9 Å². The minimum atomic E-state index is -0.164. The number of carbonyl (C=O) groups is 1. The summed E-state index contributed by atoms with van der Waals surface area (Å²) in [6.07, 6.45) is 2.08. The molecule has 0 aliphatic carbocycles. The number of nitrogens with one attached hydrogen (secondary N) is 1. The Morgan fingerprint density at radius 1 is 0.969 bits per heavy atom. The minimum absolute atomic E-state index is 0.164. The first-order valence-electron chi connectivity index (χ1n) is 9.76. The van der Waals surface area contributed by atoms with Crippen LogP contribution >= 0.6 is 11.3 Å². The van der Waals surface area contributed by atoms with Gasteiger partial charge in [-0.1, -0.05) is 0 Å². The van der Waals surface area contributed by atoms with Gasteiger partial charge < -0.3 is 24.3 Å². The van der Waals surface area contributed by atoms with Gasteiger partial charge in [0, 0.05) is 28.9 Å². The summed E-state index contributed by atoms with van der Waals surface area (Å²) >= 11 is 1.47. The molecule has 32 heavy (non-hydrogen) atoms. The van der Waals surface area contributed by atoms with Gasteiger partial charge in [-0.25, -0.2) is 4.98 Å². The standard InChI is InChI=1S/C23H23N3O5S/c1-28-15-6-8-20(30-3)17(10-15)19-12-26-14(13-32-23(26)25-19)9-22(27)24-18-7-5-16(29-2)11-21(18)31-4/h5-8,10-13H,9H2,1-4H3,(H,24,27). The van der Waals surface area contributed by atoms with Crippen LogP contribution < -0.4 is 24.3 Å². The number of thiazole rings is 1. The summed E-state index contributed by atoms with van der Waals surface area (Å²) in [6, 6.07) is 10.8. The molecule has 8 nitrogen and oxygen atoms in total. The average Bonchev–Trinajstić information content (AvgIpc) is 3.40. The van der Waals surface area contributed by atoms with Gasteiger partial charge in [-0.15, -0.1) is 11.3 Å². The van der Waals surface area contributed by atoms with Crippen LogP contribution in [0.3, 0.4) is 0 Å². The number of ether oxygens (including phenoxy) is 4. The molecule has 0 unspecified atom stereocenters. The molecule has 0 fully saturated rings. The van der Waals surface area contributed by atoms with Crippen molar-refractivity contribution < 1.29 is 23.7 Å². The molecule has 1 N–H and O–H groups in total. The Labute approximate surface area is 189 Å². The molecule has 0 saturated carbocycles. The second-order valence-corrected chi connectivity index (χ2v) is 7.70. The van der Waals surface area contributed by atoms with Crippen LogP contribution in [0.4, 0.5) is 5.69 Å². The molecule has 0 atom stereocenters. The third-order valence-corrected chi connectivity index (χ3v) is 5.88. The predicted octanol–water partition coefficient (Wildman–Crippen LogP) is 4.28. The summed E-state index contributed by atoms with van der Waals surface area (Å²) in [6.45, 7) is 0. The van der Waals surface area contributed by atoms with Gasteiger partial charge in [-0.3, -0.25) is 9.20 Å². The lowest BCUT2D eigenvalue weighted by Gasteiger charge is -2.11. The fourth-order valence-corrected chi connectivity index (χ4v) is 4.23. The quantitative estimate of drug-likeness (QED) is 0.429. The monoisotopic (exact) mass is 453 g/mol. The number of amides is 1. The first-order chi connectivity index (χ1) is 15.6. The number of anilines is 1. The van der Waals surface area contributed by atoms with Gasteiger partial charge >= 0.3 is 0 Å². The Kier molecular flexibility index (Phi) is 6.18. The molecule has 0 bridgehead atoms. The highest BCUT2D eigenvalue weighted by Crippen LogP contribution is 2.34. The van der Waals surface area contributed by atoms with Crippen LogP contribution in [0.2, 0.25) is 0 Å². The van der Waals surface area contributed by atoms with E-state index in [1.807, 2.05) is 34.2 Å². The first kappa shape index (κ1) is 21.5. The normalized spacial score (nSPS) is 10.8. The van der Waals surface area contributed by atoms with Gasteiger partial charge in [0.2, 0.25) is 5.91 Å². The Hall–Kier alpha value is -3.72. The Bertz CT molecular complexity index is 1260. The molecule has 0 spiro atoms. The number of rotatable bonds is 8. The number of benzene rings is 2. The maximum absolute atomic E-state index is 12.7. The predicted molar refractivity (Wildman–Crippen MR) is 123 cm³/mol. The van der Waals surface area contributed by atoms with Crippen LogP contribution in [0.15, 0.2) is 48.0 Å².